The minimum atomic E-state index is 0.118. The van der Waals surface area contributed by atoms with Crippen molar-refractivity contribution in [2.45, 2.75) is 31.9 Å². The summed E-state index contributed by atoms with van der Waals surface area (Å²) in [5.74, 6) is 0.902. The summed E-state index contributed by atoms with van der Waals surface area (Å²) in [5, 5.41) is 1.11. The summed E-state index contributed by atoms with van der Waals surface area (Å²) < 4.78 is 5.98. The first kappa shape index (κ1) is 14.7. The van der Waals surface area contributed by atoms with Gasteiger partial charge in [-0.05, 0) is 42.5 Å². The highest BCUT2D eigenvalue weighted by Gasteiger charge is 2.20. The fourth-order valence-corrected chi connectivity index (χ4v) is 3.18. The average Bonchev–Trinajstić information content (AvgIpc) is 2.49. The van der Waals surface area contributed by atoms with Crippen LogP contribution in [0.2, 0.25) is 10.0 Å². The van der Waals surface area contributed by atoms with E-state index in [1.54, 1.807) is 6.07 Å². The maximum absolute atomic E-state index is 6.19. The van der Waals surface area contributed by atoms with Gasteiger partial charge >= 0.3 is 0 Å². The molecule has 1 unspecified atom stereocenters. The van der Waals surface area contributed by atoms with Gasteiger partial charge in [-0.1, -0.05) is 47.5 Å². The third-order valence-electron chi connectivity index (χ3n) is 3.93. The van der Waals surface area contributed by atoms with Crippen LogP contribution in [0.1, 0.15) is 35.6 Å². The largest absolute Gasteiger partial charge is 0.489 e. The first-order chi connectivity index (χ1) is 10.2. The molecule has 110 valence electrons. The number of fused-ring (bicyclic) bond motifs is 1. The van der Waals surface area contributed by atoms with Crippen LogP contribution in [-0.2, 0) is 13.0 Å². The van der Waals surface area contributed by atoms with E-state index in [1.807, 2.05) is 24.3 Å². The zero-order valence-corrected chi connectivity index (χ0v) is 13.1. The molecule has 1 aliphatic rings. The monoisotopic (exact) mass is 321 g/mol. The molecule has 4 heteroatoms. The molecular weight excluding hydrogens is 305 g/mol. The van der Waals surface area contributed by atoms with Gasteiger partial charge in [-0.25, -0.2) is 0 Å². The summed E-state index contributed by atoms with van der Waals surface area (Å²) in [7, 11) is 0. The molecule has 21 heavy (non-hydrogen) atoms. The van der Waals surface area contributed by atoms with Crippen molar-refractivity contribution in [1.29, 1.82) is 0 Å². The molecule has 0 amide bonds. The van der Waals surface area contributed by atoms with Crippen molar-refractivity contribution in [3.63, 3.8) is 0 Å². The predicted molar refractivity (Wildman–Crippen MR) is 87.1 cm³/mol. The fraction of sp³-hybridized carbons (Fsp3) is 0.294. The second kappa shape index (κ2) is 6.27. The Morgan fingerprint density at radius 2 is 1.95 bits per heavy atom. The van der Waals surface area contributed by atoms with Gasteiger partial charge in [0.15, 0.2) is 0 Å². The molecule has 0 spiro atoms. The van der Waals surface area contributed by atoms with E-state index in [1.165, 1.54) is 11.1 Å². The van der Waals surface area contributed by atoms with E-state index in [9.17, 15) is 0 Å². The number of benzene rings is 2. The van der Waals surface area contributed by atoms with Crippen LogP contribution < -0.4 is 10.5 Å². The van der Waals surface area contributed by atoms with Crippen LogP contribution >= 0.6 is 23.2 Å². The van der Waals surface area contributed by atoms with Gasteiger partial charge in [0.25, 0.3) is 0 Å². The summed E-state index contributed by atoms with van der Waals surface area (Å²) in [6, 6.07) is 11.8. The molecule has 1 atom stereocenters. The number of nitrogens with two attached hydrogens (primary N) is 1. The van der Waals surface area contributed by atoms with Crippen LogP contribution in [0.3, 0.4) is 0 Å². The maximum Gasteiger partial charge on any atom is 0.123 e. The number of ether oxygens (including phenoxy) is 1. The summed E-state index contributed by atoms with van der Waals surface area (Å²) in [6.07, 6.45) is 3.16. The lowest BCUT2D eigenvalue weighted by Gasteiger charge is -2.24. The number of halogens is 2. The van der Waals surface area contributed by atoms with Crippen LogP contribution in [0.5, 0.6) is 5.75 Å². The van der Waals surface area contributed by atoms with Gasteiger partial charge in [-0.15, -0.1) is 0 Å². The highest BCUT2D eigenvalue weighted by molar-refractivity contribution is 6.42. The molecule has 0 aliphatic heterocycles. The summed E-state index contributed by atoms with van der Waals surface area (Å²) in [4.78, 5) is 0. The lowest BCUT2D eigenvalue weighted by Crippen LogP contribution is -2.18. The van der Waals surface area contributed by atoms with Crippen molar-refractivity contribution in [2.75, 3.05) is 0 Å². The van der Waals surface area contributed by atoms with Crippen LogP contribution in [0, 0.1) is 0 Å². The van der Waals surface area contributed by atoms with Gasteiger partial charge in [0, 0.05) is 11.6 Å². The van der Waals surface area contributed by atoms with E-state index in [4.69, 9.17) is 33.7 Å². The second-order valence-electron chi connectivity index (χ2n) is 5.32. The molecule has 0 saturated heterocycles. The number of rotatable bonds is 3. The Balaban J connectivity index is 1.83. The fourth-order valence-electron chi connectivity index (χ4n) is 2.80. The van der Waals surface area contributed by atoms with Crippen molar-refractivity contribution in [1.82, 2.24) is 0 Å². The Labute approximate surface area is 134 Å². The molecule has 2 aromatic carbocycles. The highest BCUT2D eigenvalue weighted by atomic mass is 35.5. The summed E-state index contributed by atoms with van der Waals surface area (Å²) in [5.41, 5.74) is 9.50. The summed E-state index contributed by atoms with van der Waals surface area (Å²) >= 11 is 12.2. The van der Waals surface area contributed by atoms with E-state index in [0.29, 0.717) is 16.7 Å². The van der Waals surface area contributed by atoms with Gasteiger partial charge in [0.1, 0.15) is 12.4 Å². The predicted octanol–water partition coefficient (Wildman–Crippen LogP) is 4.91. The van der Waals surface area contributed by atoms with Gasteiger partial charge in [-0.3, -0.25) is 0 Å². The van der Waals surface area contributed by atoms with Crippen LogP contribution in [0.15, 0.2) is 36.4 Å². The average molecular weight is 322 g/mol. The second-order valence-corrected chi connectivity index (χ2v) is 6.11. The van der Waals surface area contributed by atoms with E-state index >= 15 is 0 Å². The first-order valence-corrected chi connectivity index (χ1v) is 7.85. The van der Waals surface area contributed by atoms with E-state index in [2.05, 4.69) is 6.07 Å². The third kappa shape index (κ3) is 3.03. The topological polar surface area (TPSA) is 35.2 Å². The van der Waals surface area contributed by atoms with E-state index in [-0.39, 0.29) is 6.04 Å². The lowest BCUT2D eigenvalue weighted by molar-refractivity contribution is 0.300. The van der Waals surface area contributed by atoms with Crippen LogP contribution in [-0.4, -0.2) is 0 Å². The van der Waals surface area contributed by atoms with E-state index < -0.39 is 0 Å². The Morgan fingerprint density at radius 3 is 2.81 bits per heavy atom. The zero-order valence-electron chi connectivity index (χ0n) is 11.6. The van der Waals surface area contributed by atoms with E-state index in [0.717, 1.165) is 30.6 Å². The normalized spacial score (nSPS) is 17.4. The molecule has 0 bridgehead atoms. The van der Waals surface area contributed by atoms with Crippen molar-refractivity contribution in [3.05, 3.63) is 63.1 Å². The van der Waals surface area contributed by atoms with Crippen molar-refractivity contribution in [2.24, 2.45) is 5.73 Å². The zero-order chi connectivity index (χ0) is 14.8. The van der Waals surface area contributed by atoms with Gasteiger partial charge < -0.3 is 10.5 Å². The molecule has 2 nitrogen and oxygen atoms in total. The molecule has 0 heterocycles. The minimum absolute atomic E-state index is 0.118. The molecule has 1 aliphatic carbocycles. The van der Waals surface area contributed by atoms with Crippen LogP contribution in [0.4, 0.5) is 0 Å². The Morgan fingerprint density at radius 1 is 1.14 bits per heavy atom. The lowest BCUT2D eigenvalue weighted by atomic mass is 9.87. The molecule has 0 aromatic heterocycles. The highest BCUT2D eigenvalue weighted by Crippen LogP contribution is 2.35. The number of hydrogen-bond donors (Lipinski definition) is 1. The van der Waals surface area contributed by atoms with Crippen molar-refractivity contribution < 1.29 is 4.74 Å². The molecule has 0 saturated carbocycles. The van der Waals surface area contributed by atoms with Gasteiger partial charge in [0.05, 0.1) is 10.0 Å². The molecule has 0 radical (unpaired) electrons. The maximum atomic E-state index is 6.19. The minimum Gasteiger partial charge on any atom is -0.489 e. The summed E-state index contributed by atoms with van der Waals surface area (Å²) in [6.45, 7) is 0.408. The number of hydrogen-bond acceptors (Lipinski definition) is 2. The standard InChI is InChI=1S/C17H17Cl2NO/c18-14-7-1-4-11(17(14)19)10-21-16-9-3-5-12-13(16)6-2-8-15(12)20/h1,3-5,7,9,15H,2,6,8,10,20H2. The van der Waals surface area contributed by atoms with Crippen molar-refractivity contribution in [3.8, 4) is 5.75 Å². The van der Waals surface area contributed by atoms with Gasteiger partial charge in [-0.2, -0.15) is 0 Å². The van der Waals surface area contributed by atoms with Crippen molar-refractivity contribution >= 4 is 23.2 Å². The first-order valence-electron chi connectivity index (χ1n) is 7.10. The Kier molecular flexibility index (Phi) is 4.39. The smallest absolute Gasteiger partial charge is 0.123 e. The third-order valence-corrected chi connectivity index (χ3v) is 4.78. The molecular formula is C17H17Cl2NO. The quantitative estimate of drug-likeness (QED) is 0.871. The molecule has 2 aromatic rings. The Hall–Kier alpha value is -1.22. The SMILES string of the molecule is NC1CCCc2c(OCc3cccc(Cl)c3Cl)cccc21. The molecule has 2 N–H and O–H groups in total. The van der Waals surface area contributed by atoms with Gasteiger partial charge in [0.2, 0.25) is 0 Å². The molecule has 3 rings (SSSR count). The van der Waals surface area contributed by atoms with Crippen LogP contribution in [0.25, 0.3) is 0 Å². The molecule has 0 fully saturated rings. The Bertz CT molecular complexity index is 657.